The third kappa shape index (κ3) is 3.80. The van der Waals surface area contributed by atoms with Crippen LogP contribution in [0.5, 0.6) is 0 Å². The van der Waals surface area contributed by atoms with E-state index in [1.165, 1.54) is 7.11 Å². The zero-order valence-corrected chi connectivity index (χ0v) is 13.5. The number of anilines is 1. The van der Waals surface area contributed by atoms with Gasteiger partial charge in [-0.05, 0) is 18.2 Å². The molecule has 7 nitrogen and oxygen atoms in total. The van der Waals surface area contributed by atoms with Crippen LogP contribution in [0.3, 0.4) is 0 Å². The fraction of sp³-hybridized carbons (Fsp3) is 0.353. The van der Waals surface area contributed by atoms with Crippen LogP contribution in [0, 0.1) is 0 Å². The van der Waals surface area contributed by atoms with E-state index < -0.39 is 23.3 Å². The van der Waals surface area contributed by atoms with Gasteiger partial charge < -0.3 is 20.1 Å². The van der Waals surface area contributed by atoms with E-state index in [1.807, 2.05) is 0 Å². The first-order valence-corrected chi connectivity index (χ1v) is 7.53. The van der Waals surface area contributed by atoms with Crippen molar-refractivity contribution in [2.45, 2.75) is 18.4 Å². The number of nitrogens with one attached hydrogen (secondary N) is 2. The highest BCUT2D eigenvalue weighted by Crippen LogP contribution is 2.24. The number of carbonyl (C=O) groups excluding carboxylic acids is 3. The van der Waals surface area contributed by atoms with Gasteiger partial charge in [0.2, 0.25) is 5.91 Å². The fourth-order valence-electron chi connectivity index (χ4n) is 2.55. The summed E-state index contributed by atoms with van der Waals surface area (Å²) in [6.07, 6.45) is 1.77. The molecule has 0 radical (unpaired) electrons. The number of ether oxygens (including phenoxy) is 2. The molecule has 1 aliphatic heterocycles. The maximum atomic E-state index is 12.7. The number of carbonyl (C=O) groups is 3. The molecule has 1 aromatic rings. The predicted molar refractivity (Wildman–Crippen MR) is 87.5 cm³/mol. The number of hydrogen-bond acceptors (Lipinski definition) is 5. The fourth-order valence-corrected chi connectivity index (χ4v) is 2.55. The molecule has 2 amide bonds. The molecule has 128 valence electrons. The molecule has 1 fully saturated rings. The third-order valence-electron chi connectivity index (χ3n) is 3.89. The molecule has 0 aliphatic carbocycles. The standard InChI is InChI=1S/C17H20N2O5/c1-3-14(20)18-13-7-5-4-6-12(13)15(21)19-17(16(22)23-2)8-10-24-11-9-17/h3-7H,1,8-11H2,2H3,(H,18,20)(H,19,21). The van der Waals surface area contributed by atoms with E-state index >= 15 is 0 Å². The lowest BCUT2D eigenvalue weighted by Crippen LogP contribution is -2.58. The van der Waals surface area contributed by atoms with Gasteiger partial charge in [-0.15, -0.1) is 0 Å². The summed E-state index contributed by atoms with van der Waals surface area (Å²) in [5.41, 5.74) is -0.533. The minimum atomic E-state index is -1.13. The molecule has 7 heteroatoms. The van der Waals surface area contributed by atoms with Crippen LogP contribution in [-0.4, -0.2) is 43.6 Å². The van der Waals surface area contributed by atoms with Gasteiger partial charge in [0, 0.05) is 26.1 Å². The van der Waals surface area contributed by atoms with Gasteiger partial charge in [0.1, 0.15) is 5.54 Å². The second kappa shape index (κ2) is 7.74. The van der Waals surface area contributed by atoms with Crippen molar-refractivity contribution >= 4 is 23.5 Å². The second-order valence-electron chi connectivity index (χ2n) is 5.38. The molecule has 1 heterocycles. The normalized spacial score (nSPS) is 15.9. The Hall–Kier alpha value is -2.67. The van der Waals surface area contributed by atoms with Crippen molar-refractivity contribution < 1.29 is 23.9 Å². The van der Waals surface area contributed by atoms with Crippen molar-refractivity contribution in [3.05, 3.63) is 42.5 Å². The number of methoxy groups -OCH3 is 1. The summed E-state index contributed by atoms with van der Waals surface area (Å²) in [6.45, 7) is 4.09. The Labute approximate surface area is 140 Å². The number of rotatable bonds is 5. The summed E-state index contributed by atoms with van der Waals surface area (Å²) in [4.78, 5) is 36.4. The molecule has 0 unspecified atom stereocenters. The molecule has 0 saturated carbocycles. The summed E-state index contributed by atoms with van der Waals surface area (Å²) in [5, 5.41) is 5.34. The molecule has 2 rings (SSSR count). The first-order valence-electron chi connectivity index (χ1n) is 7.53. The van der Waals surface area contributed by atoms with Crippen LogP contribution in [0.2, 0.25) is 0 Å². The topological polar surface area (TPSA) is 93.7 Å². The highest BCUT2D eigenvalue weighted by molar-refractivity contribution is 6.07. The van der Waals surface area contributed by atoms with E-state index in [2.05, 4.69) is 17.2 Å². The van der Waals surface area contributed by atoms with Crippen molar-refractivity contribution in [3.63, 3.8) is 0 Å². The van der Waals surface area contributed by atoms with E-state index in [0.29, 0.717) is 31.7 Å². The highest BCUT2D eigenvalue weighted by atomic mass is 16.5. The van der Waals surface area contributed by atoms with Crippen molar-refractivity contribution in [2.75, 3.05) is 25.6 Å². The van der Waals surface area contributed by atoms with E-state index in [9.17, 15) is 14.4 Å². The second-order valence-corrected chi connectivity index (χ2v) is 5.38. The average molecular weight is 332 g/mol. The van der Waals surface area contributed by atoms with E-state index in [4.69, 9.17) is 9.47 Å². The monoisotopic (exact) mass is 332 g/mol. The Morgan fingerprint density at radius 1 is 1.25 bits per heavy atom. The zero-order valence-electron chi connectivity index (χ0n) is 13.5. The van der Waals surface area contributed by atoms with Crippen LogP contribution in [0.15, 0.2) is 36.9 Å². The van der Waals surface area contributed by atoms with Gasteiger partial charge in [0.05, 0.1) is 18.4 Å². The minimum absolute atomic E-state index is 0.252. The van der Waals surface area contributed by atoms with E-state index in [1.54, 1.807) is 24.3 Å². The van der Waals surface area contributed by atoms with Crippen molar-refractivity contribution in [3.8, 4) is 0 Å². The summed E-state index contributed by atoms with van der Waals surface area (Å²) < 4.78 is 10.1. The van der Waals surface area contributed by atoms with Crippen molar-refractivity contribution in [2.24, 2.45) is 0 Å². The molecule has 0 atom stereocenters. The number of amides is 2. The third-order valence-corrected chi connectivity index (χ3v) is 3.89. The molecular weight excluding hydrogens is 312 g/mol. The molecule has 24 heavy (non-hydrogen) atoms. The van der Waals surface area contributed by atoms with Gasteiger partial charge in [-0.25, -0.2) is 4.79 Å². The van der Waals surface area contributed by atoms with E-state index in [-0.39, 0.29) is 5.56 Å². The number of para-hydroxylation sites is 1. The molecule has 1 aliphatic rings. The first kappa shape index (κ1) is 17.7. The van der Waals surface area contributed by atoms with Crippen molar-refractivity contribution in [1.82, 2.24) is 5.32 Å². The van der Waals surface area contributed by atoms with Gasteiger partial charge in [-0.1, -0.05) is 18.7 Å². The summed E-state index contributed by atoms with van der Waals surface area (Å²) in [6, 6.07) is 6.54. The lowest BCUT2D eigenvalue weighted by molar-refractivity contribution is -0.152. The van der Waals surface area contributed by atoms with Crippen molar-refractivity contribution in [1.29, 1.82) is 0 Å². The molecule has 0 aromatic heterocycles. The number of esters is 1. The zero-order chi connectivity index (χ0) is 17.6. The number of hydrogen-bond donors (Lipinski definition) is 2. The van der Waals surface area contributed by atoms with Crippen LogP contribution in [-0.2, 0) is 19.1 Å². The van der Waals surface area contributed by atoms with E-state index in [0.717, 1.165) is 6.08 Å². The maximum Gasteiger partial charge on any atom is 0.331 e. The highest BCUT2D eigenvalue weighted by Gasteiger charge is 2.43. The Kier molecular flexibility index (Phi) is 5.70. The van der Waals surface area contributed by atoms with Crippen LogP contribution in [0.25, 0.3) is 0 Å². The molecular formula is C17H20N2O5. The first-order chi connectivity index (χ1) is 11.5. The van der Waals surface area contributed by atoms with Crippen LogP contribution >= 0.6 is 0 Å². The van der Waals surface area contributed by atoms with Gasteiger partial charge in [-0.2, -0.15) is 0 Å². The van der Waals surface area contributed by atoms with Crippen LogP contribution in [0.1, 0.15) is 23.2 Å². The molecule has 1 saturated heterocycles. The van der Waals surface area contributed by atoms with Gasteiger partial charge in [0.25, 0.3) is 5.91 Å². The van der Waals surface area contributed by atoms with Gasteiger partial charge in [0.15, 0.2) is 0 Å². The van der Waals surface area contributed by atoms with Crippen LogP contribution in [0.4, 0.5) is 5.69 Å². The number of benzene rings is 1. The summed E-state index contributed by atoms with van der Waals surface area (Å²) >= 11 is 0. The van der Waals surface area contributed by atoms with Crippen LogP contribution < -0.4 is 10.6 Å². The predicted octanol–water partition coefficient (Wildman–Crippen LogP) is 1.26. The molecule has 2 N–H and O–H groups in total. The summed E-state index contributed by atoms with van der Waals surface area (Å²) in [7, 11) is 1.28. The van der Waals surface area contributed by atoms with Gasteiger partial charge in [-0.3, -0.25) is 9.59 Å². The Morgan fingerprint density at radius 2 is 1.92 bits per heavy atom. The Bertz CT molecular complexity index is 650. The Morgan fingerprint density at radius 3 is 2.54 bits per heavy atom. The Balaban J connectivity index is 2.26. The maximum absolute atomic E-state index is 12.7. The molecule has 0 bridgehead atoms. The quantitative estimate of drug-likeness (QED) is 0.625. The SMILES string of the molecule is C=CC(=O)Nc1ccccc1C(=O)NC1(C(=O)OC)CCOCC1. The average Bonchev–Trinajstić information content (AvgIpc) is 2.62. The summed E-state index contributed by atoms with van der Waals surface area (Å²) in [5.74, 6) is -1.40. The largest absolute Gasteiger partial charge is 0.467 e. The lowest BCUT2D eigenvalue weighted by atomic mass is 9.89. The minimum Gasteiger partial charge on any atom is -0.467 e. The molecule has 0 spiro atoms. The molecule has 1 aromatic carbocycles. The smallest absolute Gasteiger partial charge is 0.331 e. The van der Waals surface area contributed by atoms with Gasteiger partial charge >= 0.3 is 5.97 Å². The lowest BCUT2D eigenvalue weighted by Gasteiger charge is -2.35.